The molecule has 1 unspecified atom stereocenters. The first-order valence-electron chi connectivity index (χ1n) is 14.2. The minimum Gasteiger partial charge on any atom is -0.368 e. The van der Waals surface area contributed by atoms with Crippen LogP contribution in [0, 0.1) is 0 Å². The van der Waals surface area contributed by atoms with Gasteiger partial charge in [0.1, 0.15) is 6.54 Å². The molecule has 1 atom stereocenters. The molecule has 204 valence electrons. The Morgan fingerprint density at radius 3 is 2.15 bits per heavy atom. The number of carbonyl (C=O) groups is 2. The topological polar surface area (TPSA) is 48.8 Å². The maximum atomic E-state index is 14.0. The zero-order chi connectivity index (χ0) is 27.9. The molecule has 4 aromatic carbocycles. The van der Waals surface area contributed by atoms with Gasteiger partial charge >= 0.3 is 0 Å². The number of rotatable bonds is 5. The second-order valence-electron chi connectivity index (χ2n) is 10.8. The van der Waals surface area contributed by atoms with Crippen LogP contribution in [0.4, 0.5) is 5.69 Å². The molecule has 1 fully saturated rings. The standard InChI is InChI=1S/C35H32N4O2/c1-36-30-19-11-10-18-29(30)32(33(36)25-12-4-2-5-13-25)34-27-16-8-9-17-28(27)35(41)39(34)24-31(40)38-22-20-37(21-23-38)26-14-6-3-7-15-26/h2-19,34H,20-24H2,1H3. The van der Waals surface area contributed by atoms with Gasteiger partial charge in [-0.15, -0.1) is 0 Å². The van der Waals surface area contributed by atoms with Gasteiger partial charge in [-0.05, 0) is 35.4 Å². The zero-order valence-corrected chi connectivity index (χ0v) is 23.1. The maximum Gasteiger partial charge on any atom is 0.255 e. The van der Waals surface area contributed by atoms with E-state index in [1.165, 1.54) is 5.69 Å². The summed E-state index contributed by atoms with van der Waals surface area (Å²) in [5, 5.41) is 1.09. The van der Waals surface area contributed by atoms with Crippen molar-refractivity contribution in [3.05, 3.63) is 126 Å². The molecule has 0 aliphatic carbocycles. The van der Waals surface area contributed by atoms with Crippen LogP contribution in [0.3, 0.4) is 0 Å². The summed E-state index contributed by atoms with van der Waals surface area (Å²) in [4.78, 5) is 33.8. The van der Waals surface area contributed by atoms with E-state index in [2.05, 4.69) is 52.9 Å². The summed E-state index contributed by atoms with van der Waals surface area (Å²) in [5.74, 6) is -0.0980. The minimum absolute atomic E-state index is 0.00892. The van der Waals surface area contributed by atoms with E-state index in [1.54, 1.807) is 4.90 Å². The SMILES string of the molecule is Cn1c(-c2ccccc2)c(C2c3ccccc3C(=O)N2CC(=O)N2CCN(c3ccccc3)CC2)c2ccccc21. The van der Waals surface area contributed by atoms with E-state index in [4.69, 9.17) is 0 Å². The van der Waals surface area contributed by atoms with Crippen LogP contribution in [-0.4, -0.2) is 58.9 Å². The molecule has 0 saturated carbocycles. The van der Waals surface area contributed by atoms with Gasteiger partial charge in [-0.3, -0.25) is 9.59 Å². The van der Waals surface area contributed by atoms with Crippen molar-refractivity contribution in [1.82, 2.24) is 14.4 Å². The first-order valence-corrected chi connectivity index (χ1v) is 14.2. The fraction of sp³-hybridized carbons (Fsp3) is 0.200. The predicted octanol–water partition coefficient (Wildman–Crippen LogP) is 5.74. The lowest BCUT2D eigenvalue weighted by molar-refractivity contribution is -0.132. The van der Waals surface area contributed by atoms with Gasteiger partial charge in [0.05, 0.1) is 11.7 Å². The molecule has 5 aromatic rings. The van der Waals surface area contributed by atoms with Crippen molar-refractivity contribution >= 4 is 28.4 Å². The molecular formula is C35H32N4O2. The molecular weight excluding hydrogens is 508 g/mol. The molecule has 0 spiro atoms. The van der Waals surface area contributed by atoms with Crippen LogP contribution in [0.2, 0.25) is 0 Å². The van der Waals surface area contributed by atoms with E-state index in [9.17, 15) is 9.59 Å². The number of fused-ring (bicyclic) bond motifs is 2. The second kappa shape index (κ2) is 10.3. The monoisotopic (exact) mass is 540 g/mol. The van der Waals surface area contributed by atoms with Gasteiger partial charge in [-0.25, -0.2) is 0 Å². The Morgan fingerprint density at radius 1 is 0.756 bits per heavy atom. The maximum absolute atomic E-state index is 14.0. The van der Waals surface area contributed by atoms with Crippen molar-refractivity contribution in [2.45, 2.75) is 6.04 Å². The first kappa shape index (κ1) is 25.1. The highest BCUT2D eigenvalue weighted by atomic mass is 16.2. The van der Waals surface area contributed by atoms with Crippen LogP contribution in [0.5, 0.6) is 0 Å². The van der Waals surface area contributed by atoms with Gasteiger partial charge in [0.25, 0.3) is 5.91 Å². The average Bonchev–Trinajstić information content (AvgIpc) is 3.48. The van der Waals surface area contributed by atoms with E-state index in [0.717, 1.165) is 46.4 Å². The normalized spacial score (nSPS) is 16.9. The van der Waals surface area contributed by atoms with Gasteiger partial charge in [0.15, 0.2) is 0 Å². The lowest BCUT2D eigenvalue weighted by atomic mass is 9.93. The highest BCUT2D eigenvalue weighted by Crippen LogP contribution is 2.46. The third-order valence-corrected chi connectivity index (χ3v) is 8.58. The molecule has 2 aliphatic heterocycles. The fourth-order valence-electron chi connectivity index (χ4n) is 6.59. The molecule has 3 heterocycles. The molecule has 6 heteroatoms. The number of piperazine rings is 1. The van der Waals surface area contributed by atoms with Crippen molar-refractivity contribution in [3.8, 4) is 11.3 Å². The highest BCUT2D eigenvalue weighted by molar-refractivity contribution is 6.03. The van der Waals surface area contributed by atoms with Crippen LogP contribution in [0.15, 0.2) is 109 Å². The van der Waals surface area contributed by atoms with Crippen LogP contribution < -0.4 is 4.90 Å². The number of carbonyl (C=O) groups excluding carboxylic acids is 2. The summed E-state index contributed by atoms with van der Waals surface area (Å²) in [7, 11) is 2.08. The molecule has 41 heavy (non-hydrogen) atoms. The quantitative estimate of drug-likeness (QED) is 0.286. The van der Waals surface area contributed by atoms with E-state index in [1.807, 2.05) is 77.7 Å². The number of aromatic nitrogens is 1. The predicted molar refractivity (Wildman–Crippen MR) is 163 cm³/mol. The number of hydrogen-bond donors (Lipinski definition) is 0. The average molecular weight is 541 g/mol. The van der Waals surface area contributed by atoms with Gasteiger partial charge < -0.3 is 19.3 Å². The number of amides is 2. The fourth-order valence-corrected chi connectivity index (χ4v) is 6.59. The van der Waals surface area contributed by atoms with Crippen LogP contribution in [-0.2, 0) is 11.8 Å². The summed E-state index contributed by atoms with van der Waals surface area (Å²) >= 11 is 0. The van der Waals surface area contributed by atoms with Crippen molar-refractivity contribution in [1.29, 1.82) is 0 Å². The van der Waals surface area contributed by atoms with Crippen molar-refractivity contribution in [2.75, 3.05) is 37.6 Å². The third-order valence-electron chi connectivity index (χ3n) is 8.58. The number of anilines is 1. The lowest BCUT2D eigenvalue weighted by Crippen LogP contribution is -2.51. The summed E-state index contributed by atoms with van der Waals surface area (Å²) in [6.07, 6.45) is 0. The Labute approximate surface area is 240 Å². The Hall–Kier alpha value is -4.84. The summed E-state index contributed by atoms with van der Waals surface area (Å²) in [6.45, 7) is 2.86. The number of hydrogen-bond acceptors (Lipinski definition) is 3. The largest absolute Gasteiger partial charge is 0.368 e. The number of aryl methyl sites for hydroxylation is 1. The second-order valence-corrected chi connectivity index (χ2v) is 10.8. The Kier molecular flexibility index (Phi) is 6.31. The summed E-state index contributed by atoms with van der Waals surface area (Å²) in [6, 6.07) is 36.4. The van der Waals surface area contributed by atoms with Gasteiger partial charge in [0.2, 0.25) is 5.91 Å². The van der Waals surface area contributed by atoms with E-state index in [0.29, 0.717) is 18.7 Å². The highest BCUT2D eigenvalue weighted by Gasteiger charge is 2.42. The number of nitrogens with zero attached hydrogens (tertiary/aromatic N) is 4. The molecule has 1 aromatic heterocycles. The third kappa shape index (κ3) is 4.27. The molecule has 0 N–H and O–H groups in total. The molecule has 0 radical (unpaired) electrons. The summed E-state index contributed by atoms with van der Waals surface area (Å²) in [5.41, 5.74) is 7.11. The van der Waals surface area contributed by atoms with Gasteiger partial charge in [-0.1, -0.05) is 84.9 Å². The molecule has 6 nitrogen and oxygen atoms in total. The van der Waals surface area contributed by atoms with Gasteiger partial charge in [-0.2, -0.15) is 0 Å². The first-order chi connectivity index (χ1) is 20.1. The lowest BCUT2D eigenvalue weighted by Gasteiger charge is -2.37. The van der Waals surface area contributed by atoms with Gasteiger partial charge in [0, 0.05) is 60.9 Å². The Bertz CT molecular complexity index is 1740. The van der Waals surface area contributed by atoms with Crippen LogP contribution in [0.25, 0.3) is 22.2 Å². The zero-order valence-electron chi connectivity index (χ0n) is 23.1. The molecule has 2 aliphatic rings. The Morgan fingerprint density at radius 2 is 1.39 bits per heavy atom. The van der Waals surface area contributed by atoms with Crippen LogP contribution in [0.1, 0.15) is 27.5 Å². The van der Waals surface area contributed by atoms with E-state index < -0.39 is 0 Å². The number of para-hydroxylation sites is 2. The van der Waals surface area contributed by atoms with Crippen molar-refractivity contribution in [3.63, 3.8) is 0 Å². The number of benzene rings is 4. The van der Waals surface area contributed by atoms with Crippen molar-refractivity contribution in [2.24, 2.45) is 7.05 Å². The smallest absolute Gasteiger partial charge is 0.255 e. The van der Waals surface area contributed by atoms with Crippen LogP contribution >= 0.6 is 0 Å². The summed E-state index contributed by atoms with van der Waals surface area (Å²) < 4.78 is 2.22. The molecule has 0 bridgehead atoms. The van der Waals surface area contributed by atoms with Crippen molar-refractivity contribution < 1.29 is 9.59 Å². The molecule has 1 saturated heterocycles. The van der Waals surface area contributed by atoms with E-state index >= 15 is 0 Å². The van der Waals surface area contributed by atoms with E-state index in [-0.39, 0.29) is 24.4 Å². The Balaban J connectivity index is 1.26. The molecule has 2 amide bonds. The minimum atomic E-state index is -0.366. The molecule has 7 rings (SSSR count).